The molecule has 2 aromatic carbocycles. The second kappa shape index (κ2) is 8.51. The van der Waals surface area contributed by atoms with Gasteiger partial charge in [-0.3, -0.25) is 4.57 Å². The van der Waals surface area contributed by atoms with Gasteiger partial charge >= 0.3 is 5.97 Å². The number of fused-ring (bicyclic) bond motifs is 2. The highest BCUT2D eigenvalue weighted by atomic mass is 35.5. The molecule has 0 aliphatic carbocycles. The van der Waals surface area contributed by atoms with Crippen LogP contribution in [0.3, 0.4) is 0 Å². The van der Waals surface area contributed by atoms with Crippen molar-refractivity contribution in [2.45, 2.75) is 26.7 Å². The highest BCUT2D eigenvalue weighted by molar-refractivity contribution is 6.31. The lowest BCUT2D eigenvalue weighted by atomic mass is 10.1. The molecule has 160 valence electrons. The number of esters is 1. The SMILES string of the molecule is CCC(CC)COC(=O)c1c(N)n(-c2ccc(F)c(Cl)c2)c2nc3ccccc3nc12. The second-order valence-corrected chi connectivity index (χ2v) is 7.77. The van der Waals surface area contributed by atoms with Gasteiger partial charge in [0.15, 0.2) is 5.65 Å². The zero-order valence-electron chi connectivity index (χ0n) is 17.2. The van der Waals surface area contributed by atoms with Gasteiger partial charge < -0.3 is 10.5 Å². The average molecular weight is 441 g/mol. The number of aromatic nitrogens is 3. The molecule has 4 aromatic rings. The molecule has 4 rings (SSSR count). The van der Waals surface area contributed by atoms with Crippen LogP contribution in [0.1, 0.15) is 37.0 Å². The number of hydrogen-bond acceptors (Lipinski definition) is 5. The standard InChI is InChI=1S/C23H22ClFN4O2/c1-3-13(4-2)12-31-23(30)19-20-22(28-18-8-6-5-7-17(18)27-20)29(21(19)26)14-9-10-16(25)15(24)11-14/h5-11,13H,3-4,12,26H2,1-2H3. The second-order valence-electron chi connectivity index (χ2n) is 7.36. The van der Waals surface area contributed by atoms with Crippen molar-refractivity contribution in [1.82, 2.24) is 14.5 Å². The topological polar surface area (TPSA) is 83.0 Å². The van der Waals surface area contributed by atoms with E-state index in [2.05, 4.69) is 23.8 Å². The van der Waals surface area contributed by atoms with Gasteiger partial charge in [0.25, 0.3) is 0 Å². The maximum Gasteiger partial charge on any atom is 0.344 e. The highest BCUT2D eigenvalue weighted by Gasteiger charge is 2.26. The third kappa shape index (κ3) is 3.81. The van der Waals surface area contributed by atoms with Gasteiger partial charge in [-0.05, 0) is 36.2 Å². The molecule has 0 amide bonds. The number of anilines is 1. The third-order valence-corrected chi connectivity index (χ3v) is 5.76. The Morgan fingerprint density at radius 1 is 1.16 bits per heavy atom. The molecule has 0 saturated carbocycles. The Balaban J connectivity index is 1.92. The van der Waals surface area contributed by atoms with E-state index >= 15 is 0 Å². The van der Waals surface area contributed by atoms with Gasteiger partial charge in [0, 0.05) is 0 Å². The number of benzene rings is 2. The molecule has 2 heterocycles. The zero-order valence-corrected chi connectivity index (χ0v) is 18.0. The van der Waals surface area contributed by atoms with E-state index < -0.39 is 11.8 Å². The van der Waals surface area contributed by atoms with Crippen molar-refractivity contribution in [2.24, 2.45) is 5.92 Å². The highest BCUT2D eigenvalue weighted by Crippen LogP contribution is 2.32. The van der Waals surface area contributed by atoms with Gasteiger partial charge in [0.2, 0.25) is 0 Å². The minimum Gasteiger partial charge on any atom is -0.462 e. The molecule has 0 atom stereocenters. The fraction of sp³-hybridized carbons (Fsp3) is 0.261. The van der Waals surface area contributed by atoms with E-state index in [4.69, 9.17) is 22.1 Å². The predicted molar refractivity (Wildman–Crippen MR) is 120 cm³/mol. The molecule has 8 heteroatoms. The third-order valence-electron chi connectivity index (χ3n) is 5.47. The molecule has 0 spiro atoms. The van der Waals surface area contributed by atoms with Crippen LogP contribution in [-0.2, 0) is 4.74 Å². The summed E-state index contributed by atoms with van der Waals surface area (Å²) in [7, 11) is 0. The van der Waals surface area contributed by atoms with Gasteiger partial charge in [-0.25, -0.2) is 19.2 Å². The summed E-state index contributed by atoms with van der Waals surface area (Å²) >= 11 is 5.99. The summed E-state index contributed by atoms with van der Waals surface area (Å²) in [6, 6.07) is 11.5. The molecule has 0 fully saturated rings. The Kier molecular flexibility index (Phi) is 5.78. The number of carbonyl (C=O) groups excluding carboxylic acids is 1. The number of hydrogen-bond donors (Lipinski definition) is 1. The van der Waals surface area contributed by atoms with E-state index in [0.29, 0.717) is 34.5 Å². The monoisotopic (exact) mass is 440 g/mol. The number of rotatable bonds is 6. The number of nitrogen functional groups attached to an aromatic ring is 1. The van der Waals surface area contributed by atoms with Crippen molar-refractivity contribution in [3.05, 3.63) is 58.9 Å². The van der Waals surface area contributed by atoms with Crippen molar-refractivity contribution in [3.8, 4) is 5.69 Å². The van der Waals surface area contributed by atoms with Crippen molar-refractivity contribution < 1.29 is 13.9 Å². The maximum atomic E-state index is 13.7. The molecular weight excluding hydrogens is 419 g/mol. The summed E-state index contributed by atoms with van der Waals surface area (Å²) < 4.78 is 20.9. The van der Waals surface area contributed by atoms with Crippen molar-refractivity contribution in [2.75, 3.05) is 12.3 Å². The lowest BCUT2D eigenvalue weighted by Gasteiger charge is -2.12. The molecule has 0 saturated heterocycles. The molecule has 31 heavy (non-hydrogen) atoms. The summed E-state index contributed by atoms with van der Waals surface area (Å²) in [6.07, 6.45) is 1.80. The number of halogens is 2. The number of nitrogens with two attached hydrogens (primary N) is 1. The summed E-state index contributed by atoms with van der Waals surface area (Å²) in [5.41, 5.74) is 8.98. The molecule has 0 aliphatic rings. The molecule has 6 nitrogen and oxygen atoms in total. The first-order valence-corrected chi connectivity index (χ1v) is 10.5. The molecule has 0 aliphatic heterocycles. The van der Waals surface area contributed by atoms with E-state index in [-0.39, 0.29) is 22.3 Å². The lowest BCUT2D eigenvalue weighted by molar-refractivity contribution is 0.0436. The van der Waals surface area contributed by atoms with E-state index in [1.54, 1.807) is 4.57 Å². The zero-order chi connectivity index (χ0) is 22.1. The lowest BCUT2D eigenvalue weighted by Crippen LogP contribution is -2.15. The van der Waals surface area contributed by atoms with E-state index in [0.717, 1.165) is 12.8 Å². The molecule has 0 radical (unpaired) electrons. The predicted octanol–water partition coefficient (Wildman–Crippen LogP) is 5.54. The van der Waals surface area contributed by atoms with Gasteiger partial charge in [0.05, 0.1) is 28.4 Å². The van der Waals surface area contributed by atoms with Gasteiger partial charge in [-0.2, -0.15) is 0 Å². The van der Waals surface area contributed by atoms with Crippen LogP contribution >= 0.6 is 11.6 Å². The summed E-state index contributed by atoms with van der Waals surface area (Å²) in [6.45, 7) is 4.40. The smallest absolute Gasteiger partial charge is 0.344 e. The van der Waals surface area contributed by atoms with Crippen molar-refractivity contribution in [1.29, 1.82) is 0 Å². The number of para-hydroxylation sites is 2. The normalized spacial score (nSPS) is 11.5. The van der Waals surface area contributed by atoms with Crippen molar-refractivity contribution >= 4 is 45.6 Å². The van der Waals surface area contributed by atoms with Gasteiger partial charge in [0.1, 0.15) is 22.7 Å². The van der Waals surface area contributed by atoms with Gasteiger partial charge in [-0.1, -0.05) is 50.4 Å². The Morgan fingerprint density at radius 3 is 2.48 bits per heavy atom. The van der Waals surface area contributed by atoms with E-state index in [9.17, 15) is 9.18 Å². The fourth-order valence-corrected chi connectivity index (χ4v) is 3.71. The summed E-state index contributed by atoms with van der Waals surface area (Å²) in [4.78, 5) is 22.4. The number of carbonyl (C=O) groups is 1. The quantitative estimate of drug-likeness (QED) is 0.398. The van der Waals surface area contributed by atoms with Crippen LogP contribution in [0.2, 0.25) is 5.02 Å². The fourth-order valence-electron chi connectivity index (χ4n) is 3.54. The van der Waals surface area contributed by atoms with Crippen LogP contribution < -0.4 is 5.73 Å². The molecule has 0 unspecified atom stereocenters. The Labute approximate surface area is 183 Å². The number of nitrogens with zero attached hydrogens (tertiary/aromatic N) is 3. The molecular formula is C23H22ClFN4O2. The van der Waals surface area contributed by atoms with Gasteiger partial charge in [-0.15, -0.1) is 0 Å². The van der Waals surface area contributed by atoms with Crippen LogP contribution in [0.25, 0.3) is 27.9 Å². The molecule has 2 aromatic heterocycles. The first-order chi connectivity index (χ1) is 14.9. The molecule has 0 bridgehead atoms. The van der Waals surface area contributed by atoms with Crippen LogP contribution in [0.5, 0.6) is 0 Å². The van der Waals surface area contributed by atoms with Crippen LogP contribution in [-0.4, -0.2) is 27.1 Å². The first kappa shape index (κ1) is 21.1. The summed E-state index contributed by atoms with van der Waals surface area (Å²) in [5, 5.41) is -0.0645. The maximum absolute atomic E-state index is 13.7. The Hall–Kier alpha value is -3.19. The minimum atomic E-state index is -0.564. The Bertz CT molecular complexity index is 1280. The largest absolute Gasteiger partial charge is 0.462 e. The molecule has 2 N–H and O–H groups in total. The number of ether oxygens (including phenoxy) is 1. The minimum absolute atomic E-state index is 0.0645. The van der Waals surface area contributed by atoms with Crippen LogP contribution in [0.15, 0.2) is 42.5 Å². The summed E-state index contributed by atoms with van der Waals surface area (Å²) in [5.74, 6) is -0.739. The van der Waals surface area contributed by atoms with Crippen LogP contribution in [0, 0.1) is 11.7 Å². The first-order valence-electron chi connectivity index (χ1n) is 10.1. The Morgan fingerprint density at radius 2 is 1.84 bits per heavy atom. The van der Waals surface area contributed by atoms with E-state index in [1.807, 2.05) is 24.3 Å². The van der Waals surface area contributed by atoms with Crippen LogP contribution in [0.4, 0.5) is 10.2 Å². The van der Waals surface area contributed by atoms with Crippen molar-refractivity contribution in [3.63, 3.8) is 0 Å². The van der Waals surface area contributed by atoms with E-state index in [1.165, 1.54) is 18.2 Å². The average Bonchev–Trinajstić information content (AvgIpc) is 3.05.